The van der Waals surface area contributed by atoms with Gasteiger partial charge in [0.1, 0.15) is 0 Å². The summed E-state index contributed by atoms with van der Waals surface area (Å²) in [7, 11) is 0. The highest BCUT2D eigenvalue weighted by molar-refractivity contribution is 8.00. The first-order valence-electron chi connectivity index (χ1n) is 6.71. The van der Waals surface area contributed by atoms with E-state index in [9.17, 15) is 0 Å². The van der Waals surface area contributed by atoms with Gasteiger partial charge in [-0.2, -0.15) is 11.8 Å². The molecule has 0 aromatic rings. The molecule has 88 valence electrons. The van der Waals surface area contributed by atoms with Gasteiger partial charge in [-0.3, -0.25) is 0 Å². The predicted molar refractivity (Wildman–Crippen MR) is 69.5 cm³/mol. The van der Waals surface area contributed by atoms with Gasteiger partial charge in [0.25, 0.3) is 0 Å². The molecule has 1 saturated heterocycles. The van der Waals surface area contributed by atoms with E-state index in [4.69, 9.17) is 0 Å². The van der Waals surface area contributed by atoms with E-state index >= 15 is 0 Å². The molecule has 2 atom stereocenters. The van der Waals surface area contributed by atoms with Crippen molar-refractivity contribution in [3.63, 3.8) is 0 Å². The number of nitrogens with one attached hydrogen (secondary N) is 1. The summed E-state index contributed by atoms with van der Waals surface area (Å²) in [6.07, 6.45) is 10.3. The van der Waals surface area contributed by atoms with Gasteiger partial charge in [0.2, 0.25) is 0 Å². The minimum Gasteiger partial charge on any atom is -0.313 e. The van der Waals surface area contributed by atoms with Gasteiger partial charge in [0, 0.05) is 11.3 Å². The van der Waals surface area contributed by atoms with Crippen molar-refractivity contribution in [2.75, 3.05) is 12.3 Å². The Morgan fingerprint density at radius 3 is 2.60 bits per heavy atom. The minimum atomic E-state index is 0.804. The van der Waals surface area contributed by atoms with Crippen molar-refractivity contribution in [1.29, 1.82) is 0 Å². The molecule has 2 heteroatoms. The quantitative estimate of drug-likeness (QED) is 0.789. The molecule has 0 amide bonds. The molecule has 15 heavy (non-hydrogen) atoms. The van der Waals surface area contributed by atoms with Crippen molar-refractivity contribution in [1.82, 2.24) is 5.32 Å². The second kappa shape index (κ2) is 6.15. The molecule has 0 bridgehead atoms. The lowest BCUT2D eigenvalue weighted by molar-refractivity contribution is 0.327. The van der Waals surface area contributed by atoms with Crippen LogP contribution in [0.5, 0.6) is 0 Å². The van der Waals surface area contributed by atoms with Crippen LogP contribution in [0, 0.1) is 5.92 Å². The predicted octanol–water partition coefficient (Wildman–Crippen LogP) is 3.44. The van der Waals surface area contributed by atoms with Gasteiger partial charge in [0.05, 0.1) is 0 Å². The van der Waals surface area contributed by atoms with Crippen LogP contribution in [0.4, 0.5) is 0 Å². The van der Waals surface area contributed by atoms with Crippen LogP contribution in [0.2, 0.25) is 0 Å². The zero-order valence-electron chi connectivity index (χ0n) is 10.0. The van der Waals surface area contributed by atoms with Crippen molar-refractivity contribution >= 4 is 11.8 Å². The lowest BCUT2D eigenvalue weighted by Crippen LogP contribution is -2.34. The monoisotopic (exact) mass is 227 g/mol. The van der Waals surface area contributed by atoms with Crippen LogP contribution in [0.25, 0.3) is 0 Å². The van der Waals surface area contributed by atoms with E-state index in [0.29, 0.717) is 0 Å². The highest BCUT2D eigenvalue weighted by Gasteiger charge is 2.23. The fourth-order valence-corrected chi connectivity index (χ4v) is 4.17. The summed E-state index contributed by atoms with van der Waals surface area (Å²) < 4.78 is 0. The molecule has 0 radical (unpaired) electrons. The lowest BCUT2D eigenvalue weighted by atomic mass is 9.87. The van der Waals surface area contributed by atoms with Gasteiger partial charge >= 0.3 is 0 Å². The van der Waals surface area contributed by atoms with Gasteiger partial charge < -0.3 is 5.32 Å². The summed E-state index contributed by atoms with van der Waals surface area (Å²) >= 11 is 2.13. The zero-order valence-corrected chi connectivity index (χ0v) is 10.8. The average Bonchev–Trinajstić information content (AvgIpc) is 2.66. The Balaban J connectivity index is 1.57. The molecule has 0 aromatic heterocycles. The third kappa shape index (κ3) is 3.67. The molecule has 1 N–H and O–H groups in total. The number of rotatable bonds is 4. The summed E-state index contributed by atoms with van der Waals surface area (Å²) in [5, 5.41) is 4.60. The van der Waals surface area contributed by atoms with Gasteiger partial charge in [-0.05, 0) is 31.1 Å². The first-order chi connectivity index (χ1) is 7.36. The van der Waals surface area contributed by atoms with Crippen LogP contribution in [-0.2, 0) is 0 Å². The summed E-state index contributed by atoms with van der Waals surface area (Å²) in [5.41, 5.74) is 0. The Hall–Kier alpha value is 0.310. The Kier molecular flexibility index (Phi) is 4.83. The van der Waals surface area contributed by atoms with Crippen molar-refractivity contribution in [3.8, 4) is 0 Å². The van der Waals surface area contributed by atoms with Crippen LogP contribution in [0.3, 0.4) is 0 Å². The van der Waals surface area contributed by atoms with Crippen molar-refractivity contribution < 1.29 is 0 Å². The summed E-state index contributed by atoms with van der Waals surface area (Å²) in [6.45, 7) is 3.64. The molecule has 1 heterocycles. The summed E-state index contributed by atoms with van der Waals surface area (Å²) in [6, 6.07) is 0.804. The molecule has 2 fully saturated rings. The van der Waals surface area contributed by atoms with Crippen LogP contribution < -0.4 is 5.32 Å². The Morgan fingerprint density at radius 1 is 1.13 bits per heavy atom. The molecule has 1 aliphatic heterocycles. The Labute approximate surface area is 98.8 Å². The average molecular weight is 227 g/mol. The van der Waals surface area contributed by atoms with E-state index in [1.807, 2.05) is 0 Å². The fourth-order valence-electron chi connectivity index (χ4n) is 2.95. The van der Waals surface area contributed by atoms with Crippen molar-refractivity contribution in [2.24, 2.45) is 5.92 Å². The largest absolute Gasteiger partial charge is 0.313 e. The van der Waals surface area contributed by atoms with E-state index in [0.717, 1.165) is 17.2 Å². The van der Waals surface area contributed by atoms with Gasteiger partial charge in [-0.15, -0.1) is 0 Å². The molecular formula is C13H25NS. The molecule has 1 nitrogen and oxygen atoms in total. The maximum absolute atomic E-state index is 3.76. The van der Waals surface area contributed by atoms with Gasteiger partial charge in [-0.25, -0.2) is 0 Å². The molecule has 0 spiro atoms. The smallest absolute Gasteiger partial charge is 0.0191 e. The highest BCUT2D eigenvalue weighted by Crippen LogP contribution is 2.28. The van der Waals surface area contributed by atoms with E-state index in [-0.39, 0.29) is 0 Å². The van der Waals surface area contributed by atoms with Crippen LogP contribution in [0.15, 0.2) is 0 Å². The standard InChI is InChI=1S/C13H25NS/c1-11-13(8-10-15-11)14-9-7-12-5-3-2-4-6-12/h11-14H,2-10H2,1H3. The molecule has 2 rings (SSSR count). The van der Waals surface area contributed by atoms with E-state index in [2.05, 4.69) is 24.0 Å². The molecule has 1 saturated carbocycles. The molecule has 1 aliphatic carbocycles. The maximum atomic E-state index is 3.76. The topological polar surface area (TPSA) is 12.0 Å². The Morgan fingerprint density at radius 2 is 1.93 bits per heavy atom. The molecule has 2 aliphatic rings. The van der Waals surface area contributed by atoms with Crippen LogP contribution >= 0.6 is 11.8 Å². The SMILES string of the molecule is CC1SCCC1NCCC1CCCCC1. The van der Waals surface area contributed by atoms with E-state index in [1.165, 1.54) is 57.2 Å². The van der Waals surface area contributed by atoms with Crippen LogP contribution in [-0.4, -0.2) is 23.6 Å². The maximum Gasteiger partial charge on any atom is 0.0191 e. The second-order valence-corrected chi connectivity index (χ2v) is 6.70. The summed E-state index contributed by atoms with van der Waals surface area (Å²) in [5.74, 6) is 2.40. The number of hydrogen-bond donors (Lipinski definition) is 1. The Bertz CT molecular complexity index is 177. The van der Waals surface area contributed by atoms with Gasteiger partial charge in [0.15, 0.2) is 0 Å². The van der Waals surface area contributed by atoms with Crippen molar-refractivity contribution in [2.45, 2.75) is 63.2 Å². The first-order valence-corrected chi connectivity index (χ1v) is 7.76. The third-order valence-corrected chi connectivity index (χ3v) is 5.39. The number of thioether (sulfide) groups is 1. The van der Waals surface area contributed by atoms with E-state index in [1.54, 1.807) is 0 Å². The van der Waals surface area contributed by atoms with Crippen molar-refractivity contribution in [3.05, 3.63) is 0 Å². The summed E-state index contributed by atoms with van der Waals surface area (Å²) in [4.78, 5) is 0. The van der Waals surface area contributed by atoms with Crippen LogP contribution in [0.1, 0.15) is 51.9 Å². The zero-order chi connectivity index (χ0) is 10.5. The van der Waals surface area contributed by atoms with Gasteiger partial charge in [-0.1, -0.05) is 39.0 Å². The number of hydrogen-bond acceptors (Lipinski definition) is 2. The fraction of sp³-hybridized carbons (Fsp3) is 1.00. The highest BCUT2D eigenvalue weighted by atomic mass is 32.2. The first kappa shape index (κ1) is 11.8. The normalized spacial score (nSPS) is 33.4. The minimum absolute atomic E-state index is 0.804. The second-order valence-electron chi connectivity index (χ2n) is 5.22. The molecule has 2 unspecified atom stereocenters. The third-order valence-electron chi connectivity index (χ3n) is 4.06. The van der Waals surface area contributed by atoms with E-state index < -0.39 is 0 Å². The molecular weight excluding hydrogens is 202 g/mol. The molecule has 0 aromatic carbocycles. The lowest BCUT2D eigenvalue weighted by Gasteiger charge is -2.23.